The molecule has 1 aromatic carbocycles. The molecule has 1 aromatic rings. The van der Waals surface area contributed by atoms with Crippen molar-refractivity contribution >= 4 is 18.0 Å². The molecule has 0 bridgehead atoms. The van der Waals surface area contributed by atoms with Gasteiger partial charge in [0.25, 0.3) is 0 Å². The van der Waals surface area contributed by atoms with Crippen molar-refractivity contribution in [3.8, 4) is 5.75 Å². The van der Waals surface area contributed by atoms with Gasteiger partial charge < -0.3 is 15.3 Å². The van der Waals surface area contributed by atoms with Crippen LogP contribution in [0.15, 0.2) is 48.1 Å². The van der Waals surface area contributed by atoms with E-state index in [4.69, 9.17) is 5.11 Å². The average Bonchev–Trinajstić information content (AvgIpc) is 2.85. The quantitative estimate of drug-likeness (QED) is 0.425. The summed E-state index contributed by atoms with van der Waals surface area (Å²) in [7, 11) is 2.05. The highest BCUT2D eigenvalue weighted by atomic mass is 16.3. The first-order valence-corrected chi connectivity index (χ1v) is 12.4. The molecule has 3 rings (SSSR count). The molecule has 0 aromatic heterocycles. The molecule has 2 N–H and O–H groups in total. The van der Waals surface area contributed by atoms with Gasteiger partial charge in [-0.15, -0.1) is 0 Å². The van der Waals surface area contributed by atoms with Crippen molar-refractivity contribution < 1.29 is 14.7 Å². The smallest absolute Gasteiger partial charge is 0.236 e. The minimum absolute atomic E-state index is 0.191. The van der Waals surface area contributed by atoms with E-state index in [2.05, 4.69) is 61.2 Å². The molecule has 1 aliphatic heterocycles. The molecule has 0 saturated carbocycles. The van der Waals surface area contributed by atoms with E-state index in [1.54, 1.807) is 12.1 Å². The lowest BCUT2D eigenvalue weighted by Gasteiger charge is -2.39. The molecule has 1 fully saturated rings. The number of amides is 2. The van der Waals surface area contributed by atoms with Crippen LogP contribution in [0.1, 0.15) is 40.0 Å². The Bertz CT molecular complexity index is 812. The van der Waals surface area contributed by atoms with E-state index < -0.39 is 0 Å². The molecule has 1 saturated heterocycles. The number of hydrogen-bond donors (Lipinski definition) is 2. The van der Waals surface area contributed by atoms with E-state index >= 15 is 0 Å². The highest BCUT2D eigenvalue weighted by Gasteiger charge is 2.25. The standard InChI is InChI=1S/C20H35N3O.C7H7NO2/c1-5-6-11-21(4)16-20(24)23-14-12-22(13-15-23)19-9-7-18(8-10-19)17(2)3;9-5-8-6-1-3-7(10)4-2-6/h7-9,17,19H,5-6,10-16H2,1-4H3;1-5,10H,(H,8,9). The third-order valence-corrected chi connectivity index (χ3v) is 6.30. The molecule has 34 heavy (non-hydrogen) atoms. The third kappa shape index (κ3) is 9.31. The van der Waals surface area contributed by atoms with Crippen LogP contribution in [-0.2, 0) is 9.59 Å². The van der Waals surface area contributed by atoms with Crippen LogP contribution in [0, 0.1) is 5.92 Å². The van der Waals surface area contributed by atoms with Crippen molar-refractivity contribution in [1.29, 1.82) is 0 Å². The van der Waals surface area contributed by atoms with E-state index in [-0.39, 0.29) is 11.7 Å². The van der Waals surface area contributed by atoms with Crippen LogP contribution in [0.2, 0.25) is 0 Å². The van der Waals surface area contributed by atoms with E-state index in [1.165, 1.54) is 24.1 Å². The first-order valence-electron chi connectivity index (χ1n) is 12.4. The molecule has 7 heteroatoms. The first kappa shape index (κ1) is 27.6. The number of carbonyl (C=O) groups excluding carboxylic acids is 2. The van der Waals surface area contributed by atoms with Gasteiger partial charge in [-0.2, -0.15) is 0 Å². The van der Waals surface area contributed by atoms with Gasteiger partial charge in [0, 0.05) is 37.9 Å². The van der Waals surface area contributed by atoms with Crippen LogP contribution in [0.25, 0.3) is 0 Å². The second-order valence-electron chi connectivity index (χ2n) is 9.34. The number of rotatable bonds is 9. The van der Waals surface area contributed by atoms with Crippen molar-refractivity contribution in [3.05, 3.63) is 48.1 Å². The van der Waals surface area contributed by atoms with Gasteiger partial charge in [0.2, 0.25) is 12.3 Å². The molecular weight excluding hydrogens is 428 g/mol. The van der Waals surface area contributed by atoms with E-state index in [0.29, 0.717) is 30.6 Å². The Labute approximate surface area is 205 Å². The number of phenols is 1. The largest absolute Gasteiger partial charge is 0.508 e. The number of benzene rings is 1. The minimum atomic E-state index is 0.191. The van der Waals surface area contributed by atoms with Gasteiger partial charge >= 0.3 is 0 Å². The Morgan fingerprint density at radius 1 is 1.21 bits per heavy atom. The SMILES string of the molecule is CCCCN(C)CC(=O)N1CCN(C2C=CC(C(C)C)=CC2)CC1.O=CNc1ccc(O)cc1. The van der Waals surface area contributed by atoms with Crippen molar-refractivity contribution in [2.45, 2.75) is 46.1 Å². The summed E-state index contributed by atoms with van der Waals surface area (Å²) < 4.78 is 0. The summed E-state index contributed by atoms with van der Waals surface area (Å²) >= 11 is 0. The van der Waals surface area contributed by atoms with Crippen LogP contribution in [-0.4, -0.2) is 84.5 Å². The summed E-state index contributed by atoms with van der Waals surface area (Å²) in [5, 5.41) is 11.3. The zero-order valence-electron chi connectivity index (χ0n) is 21.2. The number of aromatic hydroxyl groups is 1. The summed E-state index contributed by atoms with van der Waals surface area (Å²) in [5.41, 5.74) is 2.13. The number of piperazine rings is 1. The molecule has 2 aliphatic rings. The van der Waals surface area contributed by atoms with E-state index in [1.807, 2.05) is 4.90 Å². The lowest BCUT2D eigenvalue weighted by Crippen LogP contribution is -2.53. The highest BCUT2D eigenvalue weighted by molar-refractivity contribution is 5.78. The van der Waals surface area contributed by atoms with Gasteiger partial charge in [0.1, 0.15) is 5.75 Å². The van der Waals surface area contributed by atoms with Crippen molar-refractivity contribution in [3.63, 3.8) is 0 Å². The normalized spacial score (nSPS) is 18.4. The highest BCUT2D eigenvalue weighted by Crippen LogP contribution is 2.22. The van der Waals surface area contributed by atoms with Gasteiger partial charge in [-0.3, -0.25) is 19.4 Å². The predicted molar refractivity (Wildman–Crippen MR) is 139 cm³/mol. The molecule has 1 heterocycles. The topological polar surface area (TPSA) is 76.1 Å². The Morgan fingerprint density at radius 3 is 2.41 bits per heavy atom. The number of unbranched alkanes of at least 4 members (excludes halogenated alkanes) is 1. The summed E-state index contributed by atoms with van der Waals surface area (Å²) in [6.45, 7) is 12.0. The number of likely N-dealkylation sites (N-methyl/N-ethyl adjacent to an activating group) is 1. The number of nitrogens with zero attached hydrogens (tertiary/aromatic N) is 3. The lowest BCUT2D eigenvalue weighted by molar-refractivity contribution is -0.134. The zero-order valence-corrected chi connectivity index (χ0v) is 21.2. The van der Waals surface area contributed by atoms with Gasteiger partial charge in [0.15, 0.2) is 0 Å². The fraction of sp³-hybridized carbons (Fsp3) is 0.556. The number of nitrogens with one attached hydrogen (secondary N) is 1. The van der Waals surface area contributed by atoms with Gasteiger partial charge in [0.05, 0.1) is 6.54 Å². The van der Waals surface area contributed by atoms with Crippen LogP contribution in [0.4, 0.5) is 5.69 Å². The van der Waals surface area contributed by atoms with Crippen LogP contribution >= 0.6 is 0 Å². The number of carbonyl (C=O) groups is 2. The fourth-order valence-corrected chi connectivity index (χ4v) is 4.09. The van der Waals surface area contributed by atoms with E-state index in [0.717, 1.165) is 45.6 Å². The molecule has 188 valence electrons. The Hall–Kier alpha value is -2.64. The van der Waals surface area contributed by atoms with Crippen LogP contribution in [0.5, 0.6) is 5.75 Å². The molecule has 1 unspecified atom stereocenters. The predicted octanol–water partition coefficient (Wildman–Crippen LogP) is 3.73. The number of hydrogen-bond acceptors (Lipinski definition) is 5. The Morgan fingerprint density at radius 2 is 1.88 bits per heavy atom. The summed E-state index contributed by atoms with van der Waals surface area (Å²) in [6.07, 6.45) is 11.1. The maximum Gasteiger partial charge on any atom is 0.236 e. The third-order valence-electron chi connectivity index (χ3n) is 6.30. The van der Waals surface area contributed by atoms with Gasteiger partial charge in [-0.25, -0.2) is 0 Å². The Balaban J connectivity index is 0.000000340. The van der Waals surface area contributed by atoms with Crippen molar-refractivity contribution in [2.24, 2.45) is 5.92 Å². The van der Waals surface area contributed by atoms with Crippen LogP contribution in [0.3, 0.4) is 0 Å². The summed E-state index contributed by atoms with van der Waals surface area (Å²) in [4.78, 5) is 29.0. The van der Waals surface area contributed by atoms with Gasteiger partial charge in [-0.1, -0.05) is 45.4 Å². The molecule has 1 aliphatic carbocycles. The maximum atomic E-state index is 12.4. The monoisotopic (exact) mass is 470 g/mol. The molecule has 7 nitrogen and oxygen atoms in total. The number of anilines is 1. The molecule has 0 radical (unpaired) electrons. The Kier molecular flexibility index (Phi) is 11.8. The number of allylic oxidation sites excluding steroid dienone is 2. The van der Waals surface area contributed by atoms with Crippen molar-refractivity contribution in [1.82, 2.24) is 14.7 Å². The van der Waals surface area contributed by atoms with Crippen molar-refractivity contribution in [2.75, 3.05) is 51.6 Å². The van der Waals surface area contributed by atoms with E-state index in [9.17, 15) is 9.59 Å². The van der Waals surface area contributed by atoms with Gasteiger partial charge in [-0.05, 0) is 62.2 Å². The summed E-state index contributed by atoms with van der Waals surface area (Å²) in [5.74, 6) is 1.09. The lowest BCUT2D eigenvalue weighted by atomic mass is 9.94. The second-order valence-corrected chi connectivity index (χ2v) is 9.34. The maximum absolute atomic E-state index is 12.4. The first-order chi connectivity index (χ1) is 16.3. The average molecular weight is 471 g/mol. The number of phenolic OH excluding ortho intramolecular Hbond substituents is 1. The zero-order chi connectivity index (χ0) is 24.9. The summed E-state index contributed by atoms with van der Waals surface area (Å²) in [6, 6.07) is 6.75. The molecular formula is C27H42N4O3. The second kappa shape index (κ2) is 14.6. The van der Waals surface area contributed by atoms with Crippen LogP contribution < -0.4 is 5.32 Å². The molecule has 1 atom stereocenters. The molecule has 0 spiro atoms. The minimum Gasteiger partial charge on any atom is -0.508 e. The fourth-order valence-electron chi connectivity index (χ4n) is 4.09. The molecule has 2 amide bonds.